The van der Waals surface area contributed by atoms with Gasteiger partial charge in [0.15, 0.2) is 0 Å². The van der Waals surface area contributed by atoms with Gasteiger partial charge in [-0.1, -0.05) is 40.6 Å². The Morgan fingerprint density at radius 1 is 1.25 bits per heavy atom. The molecule has 0 N–H and O–H groups in total. The monoisotopic (exact) mass is 278 g/mol. The SMILES string of the molecule is CC1=Cc2c(ccc(Br)c2C)CCCC1C. The van der Waals surface area contributed by atoms with E-state index in [0.29, 0.717) is 0 Å². The second-order valence-electron chi connectivity index (χ2n) is 4.93. The normalized spacial score (nSPS) is 20.8. The van der Waals surface area contributed by atoms with Gasteiger partial charge in [-0.15, -0.1) is 0 Å². The lowest BCUT2D eigenvalue weighted by Gasteiger charge is -2.19. The zero-order chi connectivity index (χ0) is 11.7. The van der Waals surface area contributed by atoms with E-state index >= 15 is 0 Å². The predicted octanol–water partition coefficient (Wildman–Crippen LogP) is 5.13. The molecule has 0 amide bonds. The minimum absolute atomic E-state index is 0.728. The summed E-state index contributed by atoms with van der Waals surface area (Å²) < 4.78 is 1.23. The summed E-state index contributed by atoms with van der Waals surface area (Å²) in [6.45, 7) is 6.81. The molecule has 0 heterocycles. The van der Waals surface area contributed by atoms with Gasteiger partial charge in [0.25, 0.3) is 0 Å². The van der Waals surface area contributed by atoms with E-state index in [1.54, 1.807) is 0 Å². The summed E-state index contributed by atoms with van der Waals surface area (Å²) in [5.74, 6) is 0.728. The summed E-state index contributed by atoms with van der Waals surface area (Å²) in [6.07, 6.45) is 6.23. The Balaban J connectivity index is 2.56. The van der Waals surface area contributed by atoms with Crippen LogP contribution in [0.1, 0.15) is 43.4 Å². The highest BCUT2D eigenvalue weighted by molar-refractivity contribution is 9.10. The molecular weight excluding hydrogens is 260 g/mol. The molecule has 1 heteroatoms. The van der Waals surface area contributed by atoms with Gasteiger partial charge in [-0.05, 0) is 61.8 Å². The maximum atomic E-state index is 3.63. The van der Waals surface area contributed by atoms with Crippen molar-refractivity contribution in [2.24, 2.45) is 5.92 Å². The van der Waals surface area contributed by atoms with Crippen LogP contribution >= 0.6 is 15.9 Å². The molecular formula is C15H19Br. The Bertz CT molecular complexity index is 429. The largest absolute Gasteiger partial charge is 0.0699 e. The van der Waals surface area contributed by atoms with Crippen molar-refractivity contribution >= 4 is 22.0 Å². The first-order chi connectivity index (χ1) is 7.59. The van der Waals surface area contributed by atoms with E-state index in [1.165, 1.54) is 46.0 Å². The van der Waals surface area contributed by atoms with Crippen LogP contribution in [-0.4, -0.2) is 0 Å². The second-order valence-corrected chi connectivity index (χ2v) is 5.78. The van der Waals surface area contributed by atoms with E-state index in [0.717, 1.165) is 5.92 Å². The first-order valence-corrected chi connectivity index (χ1v) is 6.85. The lowest BCUT2D eigenvalue weighted by Crippen LogP contribution is -2.04. The van der Waals surface area contributed by atoms with Crippen LogP contribution in [0.5, 0.6) is 0 Å². The minimum Gasteiger partial charge on any atom is -0.0699 e. The standard InChI is InChI=1S/C15H19Br/c1-10-5-4-6-13-7-8-15(16)12(3)14(13)9-11(10)2/h7-10H,4-6H2,1-3H3. The van der Waals surface area contributed by atoms with Gasteiger partial charge in [0.05, 0.1) is 0 Å². The van der Waals surface area contributed by atoms with Crippen molar-refractivity contribution in [1.82, 2.24) is 0 Å². The molecule has 0 fully saturated rings. The molecule has 1 aromatic carbocycles. The van der Waals surface area contributed by atoms with Gasteiger partial charge in [-0.2, -0.15) is 0 Å². The van der Waals surface area contributed by atoms with Crippen molar-refractivity contribution in [2.75, 3.05) is 0 Å². The highest BCUT2D eigenvalue weighted by Crippen LogP contribution is 2.31. The molecule has 0 aliphatic heterocycles. The van der Waals surface area contributed by atoms with Crippen LogP contribution in [0.4, 0.5) is 0 Å². The van der Waals surface area contributed by atoms with Crippen LogP contribution in [0.2, 0.25) is 0 Å². The third kappa shape index (κ3) is 2.24. The van der Waals surface area contributed by atoms with Crippen molar-refractivity contribution < 1.29 is 0 Å². The molecule has 0 nitrogen and oxygen atoms in total. The van der Waals surface area contributed by atoms with E-state index in [1.807, 2.05) is 0 Å². The molecule has 0 spiro atoms. The Hall–Kier alpha value is -0.560. The summed E-state index contributed by atoms with van der Waals surface area (Å²) in [4.78, 5) is 0. The van der Waals surface area contributed by atoms with E-state index in [9.17, 15) is 0 Å². The van der Waals surface area contributed by atoms with Crippen molar-refractivity contribution in [3.05, 3.63) is 38.9 Å². The molecule has 86 valence electrons. The van der Waals surface area contributed by atoms with Gasteiger partial charge in [-0.25, -0.2) is 0 Å². The average molecular weight is 279 g/mol. The van der Waals surface area contributed by atoms with Crippen molar-refractivity contribution in [3.8, 4) is 0 Å². The third-order valence-corrected chi connectivity index (χ3v) is 4.63. The van der Waals surface area contributed by atoms with Crippen LogP contribution < -0.4 is 0 Å². The highest BCUT2D eigenvalue weighted by atomic mass is 79.9. The lowest BCUT2D eigenvalue weighted by molar-refractivity contribution is 0.577. The number of allylic oxidation sites excluding steroid dienone is 1. The fourth-order valence-electron chi connectivity index (χ4n) is 2.37. The number of aryl methyl sites for hydroxylation is 1. The molecule has 16 heavy (non-hydrogen) atoms. The van der Waals surface area contributed by atoms with Crippen molar-refractivity contribution in [3.63, 3.8) is 0 Å². The second kappa shape index (κ2) is 4.75. The molecule has 0 aromatic heterocycles. The number of fused-ring (bicyclic) bond motifs is 1. The van der Waals surface area contributed by atoms with E-state index in [4.69, 9.17) is 0 Å². The van der Waals surface area contributed by atoms with Gasteiger partial charge >= 0.3 is 0 Å². The Labute approximate surface area is 107 Å². The first-order valence-electron chi connectivity index (χ1n) is 6.05. The predicted molar refractivity (Wildman–Crippen MR) is 74.6 cm³/mol. The molecule has 1 atom stereocenters. The summed E-state index contributed by atoms with van der Waals surface area (Å²) in [5.41, 5.74) is 5.85. The summed E-state index contributed by atoms with van der Waals surface area (Å²) in [7, 11) is 0. The molecule has 1 aliphatic rings. The molecule has 0 bridgehead atoms. The first kappa shape index (κ1) is 11.9. The molecule has 0 radical (unpaired) electrons. The Morgan fingerprint density at radius 2 is 2.00 bits per heavy atom. The zero-order valence-corrected chi connectivity index (χ0v) is 11.9. The van der Waals surface area contributed by atoms with Gasteiger partial charge in [-0.3, -0.25) is 0 Å². The maximum absolute atomic E-state index is 3.63. The van der Waals surface area contributed by atoms with Gasteiger partial charge in [0.1, 0.15) is 0 Å². The third-order valence-electron chi connectivity index (χ3n) is 3.77. The van der Waals surface area contributed by atoms with Crippen molar-refractivity contribution in [2.45, 2.75) is 40.0 Å². The van der Waals surface area contributed by atoms with Crippen LogP contribution in [0.3, 0.4) is 0 Å². The molecule has 1 aromatic rings. The summed E-state index contributed by atoms with van der Waals surface area (Å²) in [6, 6.07) is 4.45. The van der Waals surface area contributed by atoms with Crippen LogP contribution in [0.15, 0.2) is 22.2 Å². The lowest BCUT2D eigenvalue weighted by atomic mass is 9.87. The van der Waals surface area contributed by atoms with Crippen LogP contribution in [0.25, 0.3) is 6.08 Å². The van der Waals surface area contributed by atoms with Crippen LogP contribution in [-0.2, 0) is 6.42 Å². The highest BCUT2D eigenvalue weighted by Gasteiger charge is 2.13. The smallest absolute Gasteiger partial charge is 0.0210 e. The number of hydrogen-bond donors (Lipinski definition) is 0. The molecule has 1 unspecified atom stereocenters. The topological polar surface area (TPSA) is 0 Å². The van der Waals surface area contributed by atoms with Gasteiger partial charge in [0.2, 0.25) is 0 Å². The van der Waals surface area contributed by atoms with Gasteiger partial charge in [0, 0.05) is 4.47 Å². The number of benzene rings is 1. The van der Waals surface area contributed by atoms with E-state index in [2.05, 4.69) is 54.9 Å². The summed E-state index contributed by atoms with van der Waals surface area (Å²) in [5, 5.41) is 0. The number of hydrogen-bond acceptors (Lipinski definition) is 0. The zero-order valence-electron chi connectivity index (χ0n) is 10.3. The number of rotatable bonds is 0. The fraction of sp³-hybridized carbons (Fsp3) is 0.467. The Kier molecular flexibility index (Phi) is 3.53. The van der Waals surface area contributed by atoms with E-state index in [-0.39, 0.29) is 0 Å². The minimum atomic E-state index is 0.728. The van der Waals surface area contributed by atoms with Crippen molar-refractivity contribution in [1.29, 1.82) is 0 Å². The number of halogens is 1. The fourth-order valence-corrected chi connectivity index (χ4v) is 2.72. The quantitative estimate of drug-likeness (QED) is 0.617. The maximum Gasteiger partial charge on any atom is 0.0210 e. The molecule has 1 aliphatic carbocycles. The summed E-state index contributed by atoms with van der Waals surface area (Å²) >= 11 is 3.63. The van der Waals surface area contributed by atoms with Crippen LogP contribution in [0, 0.1) is 12.8 Å². The molecule has 0 saturated heterocycles. The average Bonchev–Trinajstić information content (AvgIpc) is 2.25. The van der Waals surface area contributed by atoms with Gasteiger partial charge < -0.3 is 0 Å². The Morgan fingerprint density at radius 3 is 2.75 bits per heavy atom. The van der Waals surface area contributed by atoms with E-state index < -0.39 is 0 Å². The molecule has 2 rings (SSSR count). The molecule has 0 saturated carbocycles.